The van der Waals surface area contributed by atoms with Crippen LogP contribution in [0.4, 0.5) is 13.2 Å². The van der Waals surface area contributed by atoms with Crippen molar-refractivity contribution in [2.45, 2.75) is 32.8 Å². The Morgan fingerprint density at radius 2 is 1.76 bits per heavy atom. The van der Waals surface area contributed by atoms with Gasteiger partial charge in [0.2, 0.25) is 0 Å². The van der Waals surface area contributed by atoms with Gasteiger partial charge < -0.3 is 20.1 Å². The zero-order valence-electron chi connectivity index (χ0n) is 16.8. The van der Waals surface area contributed by atoms with Crippen molar-refractivity contribution >= 4 is 5.96 Å². The van der Waals surface area contributed by atoms with Crippen LogP contribution in [-0.2, 0) is 24.4 Å². The summed E-state index contributed by atoms with van der Waals surface area (Å²) in [5, 5.41) is 6.30. The molecular formula is C21H26F3N3O2. The second-order valence-corrected chi connectivity index (χ2v) is 6.55. The Hall–Kier alpha value is -2.74. The molecule has 0 aliphatic carbocycles. The molecule has 0 saturated heterocycles. The Morgan fingerprint density at radius 3 is 2.45 bits per heavy atom. The zero-order valence-corrected chi connectivity index (χ0v) is 16.8. The van der Waals surface area contributed by atoms with E-state index in [1.165, 1.54) is 0 Å². The van der Waals surface area contributed by atoms with Crippen molar-refractivity contribution in [1.29, 1.82) is 0 Å². The van der Waals surface area contributed by atoms with Gasteiger partial charge in [0, 0.05) is 32.8 Å². The number of benzene rings is 2. The van der Waals surface area contributed by atoms with Crippen molar-refractivity contribution in [2.75, 3.05) is 20.8 Å². The van der Waals surface area contributed by atoms with Crippen LogP contribution < -0.4 is 15.4 Å². The standard InChI is InChI=1S/C21H26F3N3O2/c1-15-7-8-18(19(9-15)29-14-21(22,23)24)12-27-20(25-2)26-11-16-5-4-6-17(10-16)13-28-3/h4-10H,11-14H2,1-3H3,(H2,25,26,27). The van der Waals surface area contributed by atoms with Gasteiger partial charge in [-0.3, -0.25) is 4.99 Å². The molecule has 158 valence electrons. The lowest BCUT2D eigenvalue weighted by Crippen LogP contribution is -2.36. The summed E-state index contributed by atoms with van der Waals surface area (Å²) >= 11 is 0. The second kappa shape index (κ2) is 10.7. The van der Waals surface area contributed by atoms with E-state index in [0.29, 0.717) is 24.7 Å². The van der Waals surface area contributed by atoms with Gasteiger partial charge in [-0.1, -0.05) is 36.4 Å². The fourth-order valence-corrected chi connectivity index (χ4v) is 2.68. The number of guanidine groups is 1. The molecule has 0 aromatic heterocycles. The third-order valence-electron chi connectivity index (χ3n) is 4.05. The first kappa shape index (κ1) is 22.5. The van der Waals surface area contributed by atoms with E-state index >= 15 is 0 Å². The van der Waals surface area contributed by atoms with Crippen LogP contribution in [0, 0.1) is 6.92 Å². The summed E-state index contributed by atoms with van der Waals surface area (Å²) in [5.74, 6) is 0.738. The topological polar surface area (TPSA) is 54.9 Å². The maximum absolute atomic E-state index is 12.5. The van der Waals surface area contributed by atoms with Gasteiger partial charge in [-0.15, -0.1) is 0 Å². The molecule has 2 aromatic rings. The van der Waals surface area contributed by atoms with E-state index in [2.05, 4.69) is 15.6 Å². The van der Waals surface area contributed by atoms with Crippen molar-refractivity contribution in [2.24, 2.45) is 4.99 Å². The molecule has 0 amide bonds. The molecule has 0 spiro atoms. The number of halogens is 3. The summed E-state index contributed by atoms with van der Waals surface area (Å²) in [5.41, 5.74) is 3.57. The molecule has 29 heavy (non-hydrogen) atoms. The van der Waals surface area contributed by atoms with E-state index < -0.39 is 12.8 Å². The minimum atomic E-state index is -4.39. The van der Waals surface area contributed by atoms with Gasteiger partial charge in [0.15, 0.2) is 12.6 Å². The highest BCUT2D eigenvalue weighted by Crippen LogP contribution is 2.23. The number of aryl methyl sites for hydroxylation is 1. The third kappa shape index (κ3) is 8.03. The average Bonchev–Trinajstić information content (AvgIpc) is 2.67. The molecule has 0 fully saturated rings. The van der Waals surface area contributed by atoms with Gasteiger partial charge >= 0.3 is 6.18 Å². The number of methoxy groups -OCH3 is 1. The second-order valence-electron chi connectivity index (χ2n) is 6.55. The normalized spacial score (nSPS) is 12.0. The number of aliphatic imine (C=N–C) groups is 1. The minimum absolute atomic E-state index is 0.206. The van der Waals surface area contributed by atoms with Crippen LogP contribution in [0.1, 0.15) is 22.3 Å². The molecule has 0 radical (unpaired) electrons. The summed E-state index contributed by atoms with van der Waals surface area (Å²) in [6.45, 7) is 1.83. The fraction of sp³-hybridized carbons (Fsp3) is 0.381. The molecule has 0 bridgehead atoms. The predicted octanol–water partition coefficient (Wildman–Crippen LogP) is 3.95. The Labute approximate surface area is 168 Å². The lowest BCUT2D eigenvalue weighted by Gasteiger charge is -2.16. The molecule has 0 aliphatic heterocycles. The number of rotatable bonds is 8. The van der Waals surface area contributed by atoms with Gasteiger partial charge in [0.1, 0.15) is 5.75 Å². The first-order chi connectivity index (χ1) is 13.8. The highest BCUT2D eigenvalue weighted by atomic mass is 19.4. The van der Waals surface area contributed by atoms with Gasteiger partial charge in [0.25, 0.3) is 0 Å². The maximum atomic E-state index is 12.5. The van der Waals surface area contributed by atoms with Crippen LogP contribution in [-0.4, -0.2) is 32.9 Å². The summed E-state index contributed by atoms with van der Waals surface area (Å²) in [4.78, 5) is 4.16. The van der Waals surface area contributed by atoms with Gasteiger partial charge in [-0.25, -0.2) is 0 Å². The van der Waals surface area contributed by atoms with Crippen LogP contribution in [0.3, 0.4) is 0 Å². The molecule has 0 saturated carbocycles. The molecular weight excluding hydrogens is 383 g/mol. The van der Waals surface area contributed by atoms with Crippen molar-refractivity contribution in [3.8, 4) is 5.75 Å². The lowest BCUT2D eigenvalue weighted by atomic mass is 10.1. The van der Waals surface area contributed by atoms with Gasteiger partial charge in [-0.05, 0) is 29.7 Å². The Balaban J connectivity index is 1.96. The SMILES string of the molecule is CN=C(NCc1cccc(COC)c1)NCc1ccc(C)cc1OCC(F)(F)F. The van der Waals surface area contributed by atoms with E-state index in [9.17, 15) is 13.2 Å². The van der Waals surface area contributed by atoms with Crippen LogP contribution >= 0.6 is 0 Å². The van der Waals surface area contributed by atoms with Crippen molar-refractivity contribution < 1.29 is 22.6 Å². The number of ether oxygens (including phenoxy) is 2. The summed E-state index contributed by atoms with van der Waals surface area (Å²) in [7, 11) is 3.28. The number of hydrogen-bond acceptors (Lipinski definition) is 3. The number of nitrogens with zero attached hydrogens (tertiary/aromatic N) is 1. The Kier molecular flexibility index (Phi) is 8.33. The molecule has 0 aliphatic rings. The zero-order chi connectivity index (χ0) is 21.3. The molecule has 8 heteroatoms. The van der Waals surface area contributed by atoms with Crippen molar-refractivity contribution in [3.05, 3.63) is 64.7 Å². The molecule has 2 rings (SSSR count). The van der Waals surface area contributed by atoms with Crippen LogP contribution in [0.2, 0.25) is 0 Å². The van der Waals surface area contributed by atoms with E-state index in [-0.39, 0.29) is 12.3 Å². The Bertz CT molecular complexity index is 823. The molecule has 0 atom stereocenters. The number of alkyl halides is 3. The quantitative estimate of drug-likeness (QED) is 0.512. The monoisotopic (exact) mass is 409 g/mol. The Morgan fingerprint density at radius 1 is 1.03 bits per heavy atom. The average molecular weight is 409 g/mol. The first-order valence-corrected chi connectivity index (χ1v) is 9.11. The number of hydrogen-bond donors (Lipinski definition) is 2. The van der Waals surface area contributed by atoms with E-state index in [0.717, 1.165) is 16.7 Å². The van der Waals surface area contributed by atoms with Crippen molar-refractivity contribution in [3.63, 3.8) is 0 Å². The predicted molar refractivity (Wildman–Crippen MR) is 107 cm³/mol. The van der Waals surface area contributed by atoms with Gasteiger partial charge in [-0.2, -0.15) is 13.2 Å². The van der Waals surface area contributed by atoms with Gasteiger partial charge in [0.05, 0.1) is 6.61 Å². The molecule has 0 heterocycles. The highest BCUT2D eigenvalue weighted by Gasteiger charge is 2.28. The van der Waals surface area contributed by atoms with E-state index in [1.54, 1.807) is 33.2 Å². The minimum Gasteiger partial charge on any atom is -0.484 e. The first-order valence-electron chi connectivity index (χ1n) is 9.11. The smallest absolute Gasteiger partial charge is 0.422 e. The largest absolute Gasteiger partial charge is 0.484 e. The van der Waals surface area contributed by atoms with Crippen molar-refractivity contribution in [1.82, 2.24) is 10.6 Å². The summed E-state index contributed by atoms with van der Waals surface area (Å²) in [6.07, 6.45) is -4.39. The van der Waals surface area contributed by atoms with E-state index in [4.69, 9.17) is 9.47 Å². The maximum Gasteiger partial charge on any atom is 0.422 e. The fourth-order valence-electron chi connectivity index (χ4n) is 2.68. The van der Waals surface area contributed by atoms with Crippen LogP contribution in [0.5, 0.6) is 5.75 Å². The third-order valence-corrected chi connectivity index (χ3v) is 4.05. The molecule has 2 N–H and O–H groups in total. The van der Waals surface area contributed by atoms with Crippen LogP contribution in [0.15, 0.2) is 47.5 Å². The van der Waals surface area contributed by atoms with Crippen LogP contribution in [0.25, 0.3) is 0 Å². The highest BCUT2D eigenvalue weighted by molar-refractivity contribution is 5.79. The molecule has 2 aromatic carbocycles. The molecule has 0 unspecified atom stereocenters. The summed E-state index contributed by atoms with van der Waals surface area (Å²) < 4.78 is 47.6. The van der Waals surface area contributed by atoms with E-state index in [1.807, 2.05) is 30.3 Å². The number of nitrogens with one attached hydrogen (secondary N) is 2. The summed E-state index contributed by atoms with van der Waals surface area (Å²) in [6, 6.07) is 13.1. The lowest BCUT2D eigenvalue weighted by molar-refractivity contribution is -0.153. The molecule has 5 nitrogen and oxygen atoms in total.